The summed E-state index contributed by atoms with van der Waals surface area (Å²) < 4.78 is 60.2. The summed E-state index contributed by atoms with van der Waals surface area (Å²) in [7, 11) is 0. The zero-order valence-corrected chi connectivity index (χ0v) is 14.5. The highest BCUT2D eigenvalue weighted by Crippen LogP contribution is 2.61. The average molecular weight is 384 g/mol. The van der Waals surface area contributed by atoms with E-state index in [1.165, 1.54) is 0 Å². The molecule has 4 aliphatic carbocycles. The lowest BCUT2D eigenvalue weighted by Gasteiger charge is -2.58. The molecular weight excluding hydrogens is 360 g/mol. The van der Waals surface area contributed by atoms with Crippen LogP contribution in [0.4, 0.5) is 17.6 Å². The predicted octanol–water partition coefficient (Wildman–Crippen LogP) is 2.49. The van der Waals surface area contributed by atoms with Gasteiger partial charge >= 0.3 is 18.0 Å². The Balaban J connectivity index is 1.51. The van der Waals surface area contributed by atoms with Crippen molar-refractivity contribution in [3.8, 4) is 0 Å². The SMILES string of the molecule is CC(F)(F)C(F)(F)OCC(O)COC(=O)C12CC3CC(CC(O)(C3)C1)C2. The Kier molecular flexibility index (Phi) is 4.81. The van der Waals surface area contributed by atoms with Crippen LogP contribution in [0.1, 0.15) is 45.4 Å². The highest BCUT2D eigenvalue weighted by Gasteiger charge is 2.61. The molecule has 3 atom stereocenters. The van der Waals surface area contributed by atoms with Crippen molar-refractivity contribution in [2.75, 3.05) is 13.2 Å². The highest BCUT2D eigenvalue weighted by atomic mass is 19.3. The topological polar surface area (TPSA) is 76.0 Å². The van der Waals surface area contributed by atoms with Crippen LogP contribution in [0.3, 0.4) is 0 Å². The quantitative estimate of drug-likeness (QED) is 0.521. The molecule has 0 aromatic carbocycles. The summed E-state index contributed by atoms with van der Waals surface area (Å²) in [5.74, 6) is -4.45. The number of carbonyl (C=O) groups excluding carboxylic acids is 1. The van der Waals surface area contributed by atoms with Crippen molar-refractivity contribution in [2.45, 2.75) is 69.2 Å². The van der Waals surface area contributed by atoms with Crippen LogP contribution in [0.2, 0.25) is 0 Å². The summed E-state index contributed by atoms with van der Waals surface area (Å²) in [6.45, 7) is -1.71. The second-order valence-corrected chi connectivity index (χ2v) is 8.43. The van der Waals surface area contributed by atoms with Gasteiger partial charge in [0.1, 0.15) is 12.7 Å². The third-order valence-electron chi connectivity index (χ3n) is 5.84. The second-order valence-electron chi connectivity index (χ2n) is 8.43. The minimum absolute atomic E-state index is 0.0111. The molecule has 150 valence electrons. The van der Waals surface area contributed by atoms with Gasteiger partial charge in [-0.25, -0.2) is 0 Å². The molecule has 0 saturated heterocycles. The van der Waals surface area contributed by atoms with Crippen LogP contribution in [-0.4, -0.2) is 53.1 Å². The van der Waals surface area contributed by atoms with Crippen molar-refractivity contribution in [1.29, 1.82) is 0 Å². The molecule has 4 aliphatic rings. The number of hydrogen-bond acceptors (Lipinski definition) is 5. The van der Waals surface area contributed by atoms with Gasteiger partial charge in [0.2, 0.25) is 0 Å². The van der Waals surface area contributed by atoms with Gasteiger partial charge in [-0.05, 0) is 50.4 Å². The molecular formula is C17H24F4O5. The number of halogens is 4. The molecule has 0 aliphatic heterocycles. The first kappa shape index (κ1) is 19.8. The number of alkyl halides is 4. The van der Waals surface area contributed by atoms with E-state index in [4.69, 9.17) is 4.74 Å². The van der Waals surface area contributed by atoms with E-state index in [1.54, 1.807) is 0 Å². The maximum atomic E-state index is 13.0. The monoisotopic (exact) mass is 384 g/mol. The van der Waals surface area contributed by atoms with Crippen molar-refractivity contribution in [2.24, 2.45) is 17.3 Å². The summed E-state index contributed by atoms with van der Waals surface area (Å²) in [6, 6.07) is 0. The van der Waals surface area contributed by atoms with Gasteiger partial charge in [0.25, 0.3) is 0 Å². The summed E-state index contributed by atoms with van der Waals surface area (Å²) in [5, 5.41) is 20.2. The first-order valence-corrected chi connectivity index (χ1v) is 8.81. The molecule has 4 saturated carbocycles. The van der Waals surface area contributed by atoms with E-state index in [9.17, 15) is 32.6 Å². The van der Waals surface area contributed by atoms with Crippen molar-refractivity contribution in [3.63, 3.8) is 0 Å². The molecule has 4 bridgehead atoms. The number of ether oxygens (including phenoxy) is 2. The Bertz CT molecular complexity index is 548. The van der Waals surface area contributed by atoms with Crippen molar-refractivity contribution < 1.29 is 42.0 Å². The third kappa shape index (κ3) is 3.71. The fraction of sp³-hybridized carbons (Fsp3) is 0.941. The molecule has 4 rings (SSSR count). The Morgan fingerprint density at radius 3 is 2.23 bits per heavy atom. The lowest BCUT2D eigenvalue weighted by Crippen LogP contribution is -2.58. The zero-order chi connectivity index (χ0) is 19.4. The van der Waals surface area contributed by atoms with Gasteiger partial charge in [-0.1, -0.05) is 0 Å². The first-order valence-electron chi connectivity index (χ1n) is 8.81. The van der Waals surface area contributed by atoms with Gasteiger partial charge in [0.15, 0.2) is 0 Å². The van der Waals surface area contributed by atoms with Gasteiger partial charge < -0.3 is 19.7 Å². The number of carbonyl (C=O) groups is 1. The van der Waals surface area contributed by atoms with Gasteiger partial charge in [0.05, 0.1) is 17.6 Å². The first-order chi connectivity index (χ1) is 11.8. The Hall–Kier alpha value is -0.930. The Morgan fingerprint density at radius 1 is 1.15 bits per heavy atom. The van der Waals surface area contributed by atoms with E-state index < -0.39 is 48.3 Å². The van der Waals surface area contributed by atoms with Crippen LogP contribution in [0, 0.1) is 17.3 Å². The fourth-order valence-electron chi connectivity index (χ4n) is 5.15. The molecule has 5 nitrogen and oxygen atoms in total. The molecule has 3 unspecified atom stereocenters. The van der Waals surface area contributed by atoms with Gasteiger partial charge in [-0.3, -0.25) is 4.79 Å². The van der Waals surface area contributed by atoms with E-state index in [-0.39, 0.29) is 18.8 Å². The van der Waals surface area contributed by atoms with Crippen LogP contribution < -0.4 is 0 Å². The molecule has 2 N–H and O–H groups in total. The number of aliphatic hydroxyl groups excluding tert-OH is 1. The molecule has 0 amide bonds. The molecule has 0 radical (unpaired) electrons. The van der Waals surface area contributed by atoms with E-state index in [0.717, 1.165) is 6.42 Å². The summed E-state index contributed by atoms with van der Waals surface area (Å²) in [5.41, 5.74) is -1.67. The Labute approximate surface area is 148 Å². The van der Waals surface area contributed by atoms with Crippen LogP contribution in [-0.2, 0) is 14.3 Å². The van der Waals surface area contributed by atoms with E-state index in [0.29, 0.717) is 32.1 Å². The average Bonchev–Trinajstić information content (AvgIpc) is 2.47. The molecule has 9 heteroatoms. The van der Waals surface area contributed by atoms with Crippen molar-refractivity contribution >= 4 is 5.97 Å². The van der Waals surface area contributed by atoms with Gasteiger partial charge in [0, 0.05) is 6.92 Å². The third-order valence-corrected chi connectivity index (χ3v) is 5.84. The Morgan fingerprint density at radius 2 is 1.73 bits per heavy atom. The number of rotatable bonds is 7. The van der Waals surface area contributed by atoms with Crippen LogP contribution >= 0.6 is 0 Å². The number of hydrogen-bond donors (Lipinski definition) is 2. The molecule has 0 aromatic rings. The minimum Gasteiger partial charge on any atom is -0.462 e. The van der Waals surface area contributed by atoms with E-state index in [1.807, 2.05) is 0 Å². The molecule has 0 aromatic heterocycles. The zero-order valence-electron chi connectivity index (χ0n) is 14.5. The number of esters is 1. The maximum Gasteiger partial charge on any atom is 0.419 e. The maximum absolute atomic E-state index is 13.0. The molecule has 0 heterocycles. The minimum atomic E-state index is -4.72. The standard InChI is InChI=1S/C17H24F4O5/c1-14(18,19)17(20,21)26-8-12(22)7-25-13(23)15-3-10-2-11(4-15)6-16(24,5-10)9-15/h10-12,22,24H,2-9H2,1H3. The highest BCUT2D eigenvalue weighted by molar-refractivity contribution is 5.77. The van der Waals surface area contributed by atoms with Crippen LogP contribution in [0.25, 0.3) is 0 Å². The van der Waals surface area contributed by atoms with Gasteiger partial charge in [-0.2, -0.15) is 17.6 Å². The lowest BCUT2D eigenvalue weighted by atomic mass is 9.48. The van der Waals surface area contributed by atoms with Crippen LogP contribution in [0.15, 0.2) is 0 Å². The lowest BCUT2D eigenvalue weighted by molar-refractivity contribution is -0.346. The largest absolute Gasteiger partial charge is 0.462 e. The second kappa shape index (κ2) is 6.31. The van der Waals surface area contributed by atoms with Crippen molar-refractivity contribution in [1.82, 2.24) is 0 Å². The van der Waals surface area contributed by atoms with Gasteiger partial charge in [-0.15, -0.1) is 0 Å². The smallest absolute Gasteiger partial charge is 0.419 e. The molecule has 0 spiro atoms. The summed E-state index contributed by atoms with van der Waals surface area (Å²) >= 11 is 0. The summed E-state index contributed by atoms with van der Waals surface area (Å²) in [6.07, 6.45) is -2.52. The van der Waals surface area contributed by atoms with E-state index >= 15 is 0 Å². The van der Waals surface area contributed by atoms with E-state index in [2.05, 4.69) is 4.74 Å². The summed E-state index contributed by atoms with van der Waals surface area (Å²) in [4.78, 5) is 12.6. The molecule has 4 fully saturated rings. The number of aliphatic hydroxyl groups is 2. The normalized spacial score (nSPS) is 37.7. The van der Waals surface area contributed by atoms with Crippen molar-refractivity contribution in [3.05, 3.63) is 0 Å². The predicted molar refractivity (Wildman–Crippen MR) is 80.6 cm³/mol. The fourth-order valence-corrected chi connectivity index (χ4v) is 5.15. The van der Waals surface area contributed by atoms with Crippen LogP contribution in [0.5, 0.6) is 0 Å². The molecule has 26 heavy (non-hydrogen) atoms.